The number of carboxylic acids is 1. The first-order valence-electron chi connectivity index (χ1n) is 5.46. The molecule has 1 aliphatic heterocycles. The summed E-state index contributed by atoms with van der Waals surface area (Å²) < 4.78 is 27.5. The third-order valence-electron chi connectivity index (χ3n) is 2.41. The number of nitrogens with zero attached hydrogens (tertiary/aromatic N) is 1. The van der Waals surface area contributed by atoms with E-state index in [-0.39, 0.29) is 22.2 Å². The number of aliphatic carboxylic acids is 1. The van der Waals surface area contributed by atoms with Gasteiger partial charge in [-0.3, -0.25) is 4.79 Å². The van der Waals surface area contributed by atoms with Crippen molar-refractivity contribution < 1.29 is 18.3 Å². The molecule has 0 saturated carbocycles. The molecule has 6 nitrogen and oxygen atoms in total. The summed E-state index contributed by atoms with van der Waals surface area (Å²) >= 11 is 1.08. The number of benzene rings is 1. The molecule has 2 rings (SSSR count). The third kappa shape index (κ3) is 3.27. The van der Waals surface area contributed by atoms with E-state index in [9.17, 15) is 13.2 Å². The summed E-state index contributed by atoms with van der Waals surface area (Å²) in [6, 6.07) is 4.94. The molecule has 0 aliphatic carbocycles. The molecule has 0 radical (unpaired) electrons. The van der Waals surface area contributed by atoms with Crippen LogP contribution in [-0.4, -0.2) is 30.4 Å². The van der Waals surface area contributed by atoms with Gasteiger partial charge >= 0.3 is 5.97 Å². The molecule has 1 aromatic rings. The van der Waals surface area contributed by atoms with Gasteiger partial charge in [-0.1, -0.05) is 17.8 Å². The summed E-state index contributed by atoms with van der Waals surface area (Å²) in [5.41, 5.74) is 1.41. The normalized spacial score (nSPS) is 16.2. The zero-order valence-electron chi connectivity index (χ0n) is 10.1. The lowest BCUT2D eigenvalue weighted by Crippen LogP contribution is -2.19. The van der Waals surface area contributed by atoms with Gasteiger partial charge in [0, 0.05) is 5.75 Å². The molecule has 1 heterocycles. The van der Waals surface area contributed by atoms with E-state index in [2.05, 4.69) is 9.71 Å². The van der Waals surface area contributed by atoms with Crippen LogP contribution in [0.15, 0.2) is 27.5 Å². The second kappa shape index (κ2) is 5.22. The standard InChI is InChI=1S/C11H12N2O4S2/c1-7-2-3-9-8(6-7)12-11(13-19(9,16)17)18-5-4-10(14)15/h2-3,6H,4-5H2,1H3,(H,12,13)(H,14,15). The van der Waals surface area contributed by atoms with Crippen LogP contribution < -0.4 is 5.32 Å². The maximum absolute atomic E-state index is 11.9. The molecule has 0 fully saturated rings. The van der Waals surface area contributed by atoms with Crippen molar-refractivity contribution in [2.75, 3.05) is 11.1 Å². The van der Waals surface area contributed by atoms with Crippen LogP contribution in [0, 0.1) is 6.92 Å². The zero-order chi connectivity index (χ0) is 14.0. The van der Waals surface area contributed by atoms with Crippen molar-refractivity contribution >= 4 is 38.6 Å². The van der Waals surface area contributed by atoms with Crippen molar-refractivity contribution in [3.63, 3.8) is 0 Å². The number of carbonyl (C=O) groups is 1. The average Bonchev–Trinajstić information content (AvgIpc) is 2.26. The molecule has 0 unspecified atom stereocenters. The van der Waals surface area contributed by atoms with E-state index in [0.717, 1.165) is 17.3 Å². The second-order valence-electron chi connectivity index (χ2n) is 3.99. The molecule has 1 aliphatic rings. The van der Waals surface area contributed by atoms with E-state index in [0.29, 0.717) is 5.69 Å². The molecular weight excluding hydrogens is 288 g/mol. The minimum absolute atomic E-state index is 0.0495. The molecule has 1 aromatic carbocycles. The summed E-state index contributed by atoms with van der Waals surface area (Å²) in [4.78, 5) is 10.6. The summed E-state index contributed by atoms with van der Waals surface area (Å²) in [5.74, 6) is -0.666. The molecule has 0 aromatic heterocycles. The Morgan fingerprint density at radius 1 is 1.47 bits per heavy atom. The lowest BCUT2D eigenvalue weighted by atomic mass is 10.2. The van der Waals surface area contributed by atoms with Crippen LogP contribution in [0.25, 0.3) is 0 Å². The molecule has 0 atom stereocenters. The van der Waals surface area contributed by atoms with Gasteiger partial charge in [0.05, 0.1) is 12.1 Å². The summed E-state index contributed by atoms with van der Waals surface area (Å²) in [7, 11) is -3.70. The highest BCUT2D eigenvalue weighted by Crippen LogP contribution is 2.30. The highest BCUT2D eigenvalue weighted by Gasteiger charge is 2.24. The van der Waals surface area contributed by atoms with Crippen LogP contribution in [0.5, 0.6) is 0 Å². The molecule has 8 heteroatoms. The van der Waals surface area contributed by atoms with E-state index in [1.807, 2.05) is 6.92 Å². The van der Waals surface area contributed by atoms with Gasteiger partial charge in [-0.25, -0.2) is 0 Å². The second-order valence-corrected chi connectivity index (χ2v) is 6.64. The molecule has 0 spiro atoms. The molecule has 0 bridgehead atoms. The molecular formula is C11H12N2O4S2. The van der Waals surface area contributed by atoms with E-state index in [1.165, 1.54) is 6.07 Å². The lowest BCUT2D eigenvalue weighted by molar-refractivity contribution is -0.136. The maximum atomic E-state index is 11.9. The van der Waals surface area contributed by atoms with Crippen molar-refractivity contribution in [2.24, 2.45) is 4.40 Å². The minimum atomic E-state index is -3.70. The minimum Gasteiger partial charge on any atom is -0.481 e. The number of hydrogen-bond acceptors (Lipinski definition) is 5. The van der Waals surface area contributed by atoms with E-state index < -0.39 is 16.0 Å². The fourth-order valence-electron chi connectivity index (χ4n) is 1.56. The monoisotopic (exact) mass is 300 g/mol. The quantitative estimate of drug-likeness (QED) is 0.881. The molecule has 2 N–H and O–H groups in total. The highest BCUT2D eigenvalue weighted by molar-refractivity contribution is 8.14. The Morgan fingerprint density at radius 3 is 2.89 bits per heavy atom. The first-order valence-corrected chi connectivity index (χ1v) is 7.88. The molecule has 102 valence electrons. The van der Waals surface area contributed by atoms with Crippen molar-refractivity contribution in [3.05, 3.63) is 23.8 Å². The van der Waals surface area contributed by atoms with E-state index in [4.69, 9.17) is 5.11 Å². The Kier molecular flexibility index (Phi) is 3.81. The number of aryl methyl sites for hydroxylation is 1. The van der Waals surface area contributed by atoms with Gasteiger partial charge in [-0.2, -0.15) is 8.42 Å². The van der Waals surface area contributed by atoms with E-state index in [1.54, 1.807) is 12.1 Å². The molecule has 19 heavy (non-hydrogen) atoms. The number of fused-ring (bicyclic) bond motifs is 1. The number of rotatable bonds is 3. The topological polar surface area (TPSA) is 95.8 Å². The SMILES string of the molecule is Cc1ccc2c(c1)NC(SCCC(=O)O)=NS2(=O)=O. The van der Waals surface area contributed by atoms with Crippen LogP contribution in [0.1, 0.15) is 12.0 Å². The molecule has 0 saturated heterocycles. The van der Waals surface area contributed by atoms with Gasteiger partial charge in [0.1, 0.15) is 4.90 Å². The van der Waals surface area contributed by atoms with Gasteiger partial charge in [-0.05, 0) is 24.6 Å². The smallest absolute Gasteiger partial charge is 0.304 e. The lowest BCUT2D eigenvalue weighted by Gasteiger charge is -2.17. The van der Waals surface area contributed by atoms with Gasteiger partial charge in [0.15, 0.2) is 5.17 Å². The first-order chi connectivity index (χ1) is 8.88. The van der Waals surface area contributed by atoms with Gasteiger partial charge in [-0.15, -0.1) is 4.40 Å². The zero-order valence-corrected chi connectivity index (χ0v) is 11.7. The van der Waals surface area contributed by atoms with Crippen molar-refractivity contribution in [1.29, 1.82) is 0 Å². The van der Waals surface area contributed by atoms with Crippen molar-refractivity contribution in [2.45, 2.75) is 18.2 Å². The first kappa shape index (κ1) is 13.9. The predicted molar refractivity (Wildman–Crippen MR) is 74.1 cm³/mol. The highest BCUT2D eigenvalue weighted by atomic mass is 32.2. The van der Waals surface area contributed by atoms with Gasteiger partial charge in [0.2, 0.25) is 0 Å². The van der Waals surface area contributed by atoms with Crippen LogP contribution in [-0.2, 0) is 14.8 Å². The Hall–Kier alpha value is -1.54. The Morgan fingerprint density at radius 2 is 2.21 bits per heavy atom. The number of nitrogens with one attached hydrogen (secondary N) is 1. The van der Waals surface area contributed by atoms with Crippen LogP contribution in [0.3, 0.4) is 0 Å². The van der Waals surface area contributed by atoms with Crippen molar-refractivity contribution in [3.8, 4) is 0 Å². The molecule has 0 amide bonds. The average molecular weight is 300 g/mol. The van der Waals surface area contributed by atoms with Crippen molar-refractivity contribution in [1.82, 2.24) is 0 Å². The van der Waals surface area contributed by atoms with Crippen LogP contribution in [0.4, 0.5) is 5.69 Å². The van der Waals surface area contributed by atoms with Gasteiger partial charge in [0.25, 0.3) is 10.0 Å². The maximum Gasteiger partial charge on any atom is 0.304 e. The number of carboxylic acid groups (broad SMARTS) is 1. The third-order valence-corrected chi connectivity index (χ3v) is 4.74. The van der Waals surface area contributed by atoms with Gasteiger partial charge < -0.3 is 10.4 Å². The Balaban J connectivity index is 2.22. The summed E-state index contributed by atoms with van der Waals surface area (Å²) in [6.45, 7) is 1.86. The summed E-state index contributed by atoms with van der Waals surface area (Å²) in [6.07, 6.45) is -0.0495. The largest absolute Gasteiger partial charge is 0.481 e. The fourth-order valence-corrected chi connectivity index (χ4v) is 3.71. The Labute approximate surface area is 115 Å². The number of hydrogen-bond donors (Lipinski definition) is 2. The van der Waals surface area contributed by atoms with Crippen LogP contribution >= 0.6 is 11.8 Å². The number of amidine groups is 1. The number of sulfonamides is 1. The summed E-state index contributed by atoms with van der Waals surface area (Å²) in [5, 5.41) is 11.7. The number of anilines is 1. The Bertz CT molecular complexity index is 653. The fraction of sp³-hybridized carbons (Fsp3) is 0.273. The van der Waals surface area contributed by atoms with E-state index >= 15 is 0 Å². The number of thioether (sulfide) groups is 1. The predicted octanol–water partition coefficient (Wildman–Crippen LogP) is 1.67. The van der Waals surface area contributed by atoms with Crippen LogP contribution in [0.2, 0.25) is 0 Å².